The quantitative estimate of drug-likeness (QED) is 0.326. The van der Waals surface area contributed by atoms with Gasteiger partial charge in [-0.2, -0.15) is 0 Å². The number of carbonyl (C=O) groups excluding carboxylic acids is 2. The number of benzene rings is 3. The molecule has 7 nitrogen and oxygen atoms in total. The summed E-state index contributed by atoms with van der Waals surface area (Å²) in [6.45, 7) is 3.37. The number of fused-ring (bicyclic) bond motifs is 2. The molecule has 9 heteroatoms. The van der Waals surface area contributed by atoms with E-state index in [-0.39, 0.29) is 11.8 Å². The summed E-state index contributed by atoms with van der Waals surface area (Å²) in [5.41, 5.74) is 6.68. The fraction of sp³-hybridized carbons (Fsp3) is 0.172. The standard InChI is InChI=1S/C29H24FN5O2S/c1-18(36)34-10-12-35(13-11-34)29(37)20-2-5-22(24(30)15-20)19-3-6-25-23(14-19)26(8-9-31-25)33-21-4-7-28-27(16-21)32-17-38-28/h2-9,14-17H,10-13H2,1H3,(H,31,33). The van der Waals surface area contributed by atoms with Crippen LogP contribution in [-0.4, -0.2) is 57.8 Å². The van der Waals surface area contributed by atoms with Crippen molar-refractivity contribution in [3.63, 3.8) is 0 Å². The Bertz CT molecular complexity index is 1690. The van der Waals surface area contributed by atoms with Gasteiger partial charge in [-0.1, -0.05) is 12.1 Å². The number of hydrogen-bond acceptors (Lipinski definition) is 6. The third-order valence-corrected chi connectivity index (χ3v) is 7.70. The lowest BCUT2D eigenvalue weighted by molar-refractivity contribution is -0.130. The first-order valence-corrected chi connectivity index (χ1v) is 13.2. The minimum Gasteiger partial charge on any atom is -0.355 e. The number of aromatic nitrogens is 2. The summed E-state index contributed by atoms with van der Waals surface area (Å²) in [5, 5.41) is 4.30. The lowest BCUT2D eigenvalue weighted by Crippen LogP contribution is -2.50. The molecule has 2 amide bonds. The van der Waals surface area contributed by atoms with Crippen LogP contribution in [0.15, 0.2) is 72.4 Å². The van der Waals surface area contributed by atoms with Crippen LogP contribution in [0.3, 0.4) is 0 Å². The molecule has 0 spiro atoms. The number of piperazine rings is 1. The largest absolute Gasteiger partial charge is 0.355 e. The first-order chi connectivity index (χ1) is 18.5. The van der Waals surface area contributed by atoms with E-state index in [1.807, 2.05) is 48.0 Å². The maximum Gasteiger partial charge on any atom is 0.254 e. The number of anilines is 2. The Morgan fingerprint density at radius 3 is 2.50 bits per heavy atom. The van der Waals surface area contributed by atoms with Crippen molar-refractivity contribution in [3.05, 3.63) is 83.8 Å². The molecule has 0 bridgehead atoms. The molecule has 5 aromatic rings. The number of hydrogen-bond donors (Lipinski definition) is 1. The molecule has 1 aliphatic heterocycles. The van der Waals surface area contributed by atoms with Crippen molar-refractivity contribution in [1.29, 1.82) is 0 Å². The van der Waals surface area contributed by atoms with E-state index in [4.69, 9.17) is 0 Å². The van der Waals surface area contributed by atoms with Crippen molar-refractivity contribution in [2.75, 3.05) is 31.5 Å². The van der Waals surface area contributed by atoms with Crippen molar-refractivity contribution in [3.8, 4) is 11.1 Å². The summed E-state index contributed by atoms with van der Waals surface area (Å²) < 4.78 is 16.5. The van der Waals surface area contributed by atoms with Crippen LogP contribution < -0.4 is 5.32 Å². The van der Waals surface area contributed by atoms with E-state index in [0.29, 0.717) is 42.9 Å². The number of thiazole rings is 1. The molecule has 190 valence electrons. The van der Waals surface area contributed by atoms with Crippen LogP contribution in [0.2, 0.25) is 0 Å². The van der Waals surface area contributed by atoms with Gasteiger partial charge in [-0.25, -0.2) is 9.37 Å². The lowest BCUT2D eigenvalue weighted by Gasteiger charge is -2.34. The van der Waals surface area contributed by atoms with Crippen LogP contribution in [0.25, 0.3) is 32.2 Å². The van der Waals surface area contributed by atoms with E-state index in [2.05, 4.69) is 15.3 Å². The molecule has 3 aromatic carbocycles. The molecule has 0 saturated carbocycles. The Balaban J connectivity index is 1.27. The van der Waals surface area contributed by atoms with Crippen LogP contribution in [-0.2, 0) is 4.79 Å². The molecule has 3 heterocycles. The Labute approximate surface area is 222 Å². The summed E-state index contributed by atoms with van der Waals surface area (Å²) in [7, 11) is 0. The van der Waals surface area contributed by atoms with E-state index in [9.17, 15) is 9.59 Å². The van der Waals surface area contributed by atoms with Gasteiger partial charge in [-0.05, 0) is 54.1 Å². The SMILES string of the molecule is CC(=O)N1CCN(C(=O)c2ccc(-c3ccc4nccc(Nc5ccc6scnc6c5)c4c3)c(F)c2)CC1. The third kappa shape index (κ3) is 4.56. The highest BCUT2D eigenvalue weighted by Crippen LogP contribution is 2.32. The highest BCUT2D eigenvalue weighted by molar-refractivity contribution is 7.16. The van der Waals surface area contributed by atoms with Crippen LogP contribution in [0.1, 0.15) is 17.3 Å². The molecule has 2 aromatic heterocycles. The van der Waals surface area contributed by atoms with Crippen LogP contribution >= 0.6 is 11.3 Å². The zero-order valence-electron chi connectivity index (χ0n) is 20.6. The second-order valence-corrected chi connectivity index (χ2v) is 10.1. The van der Waals surface area contributed by atoms with E-state index in [1.54, 1.807) is 39.5 Å². The Kier molecular flexibility index (Phi) is 6.21. The van der Waals surface area contributed by atoms with Crippen LogP contribution in [0.4, 0.5) is 15.8 Å². The average Bonchev–Trinajstić information content (AvgIpc) is 3.41. The second kappa shape index (κ2) is 9.83. The van der Waals surface area contributed by atoms with Gasteiger partial charge < -0.3 is 15.1 Å². The maximum absolute atomic E-state index is 15.3. The Morgan fingerprint density at radius 1 is 0.895 bits per heavy atom. The number of amides is 2. The summed E-state index contributed by atoms with van der Waals surface area (Å²) in [6, 6.07) is 18.1. The maximum atomic E-state index is 15.3. The summed E-state index contributed by atoms with van der Waals surface area (Å²) in [4.78, 5) is 36.8. The summed E-state index contributed by atoms with van der Waals surface area (Å²) >= 11 is 1.60. The molecule has 1 saturated heterocycles. The van der Waals surface area contributed by atoms with Crippen LogP contribution in [0, 0.1) is 5.82 Å². The van der Waals surface area contributed by atoms with Crippen molar-refractivity contribution in [1.82, 2.24) is 19.8 Å². The van der Waals surface area contributed by atoms with Crippen molar-refractivity contribution in [2.45, 2.75) is 6.92 Å². The van der Waals surface area contributed by atoms with Gasteiger partial charge in [0, 0.05) is 67.2 Å². The first-order valence-electron chi connectivity index (χ1n) is 12.3. The van der Waals surface area contributed by atoms with Crippen molar-refractivity contribution >= 4 is 55.6 Å². The minimum atomic E-state index is -0.468. The minimum absolute atomic E-state index is 0.00280. The van der Waals surface area contributed by atoms with Gasteiger partial charge in [0.05, 0.1) is 21.2 Å². The van der Waals surface area contributed by atoms with E-state index in [0.717, 1.165) is 32.5 Å². The molecule has 0 aliphatic carbocycles. The van der Waals surface area contributed by atoms with E-state index >= 15 is 4.39 Å². The Hall–Kier alpha value is -4.37. The van der Waals surface area contributed by atoms with E-state index < -0.39 is 5.82 Å². The molecule has 38 heavy (non-hydrogen) atoms. The topological polar surface area (TPSA) is 78.4 Å². The van der Waals surface area contributed by atoms with Gasteiger partial charge in [0.15, 0.2) is 0 Å². The molecule has 1 N–H and O–H groups in total. The number of rotatable bonds is 4. The molecule has 1 fully saturated rings. The number of nitrogens with zero attached hydrogens (tertiary/aromatic N) is 4. The monoisotopic (exact) mass is 525 g/mol. The molecular formula is C29H24FN5O2S. The molecule has 1 aliphatic rings. The van der Waals surface area contributed by atoms with Gasteiger partial charge in [-0.15, -0.1) is 11.3 Å². The predicted molar refractivity (Wildman–Crippen MR) is 148 cm³/mol. The number of carbonyl (C=O) groups is 2. The molecule has 0 atom stereocenters. The number of halogens is 1. The van der Waals surface area contributed by atoms with E-state index in [1.165, 1.54) is 13.0 Å². The lowest BCUT2D eigenvalue weighted by atomic mass is 10.00. The van der Waals surface area contributed by atoms with Gasteiger partial charge in [0.25, 0.3) is 5.91 Å². The zero-order valence-corrected chi connectivity index (χ0v) is 21.5. The van der Waals surface area contributed by atoms with Gasteiger partial charge in [-0.3, -0.25) is 14.6 Å². The Morgan fingerprint density at radius 2 is 1.71 bits per heavy atom. The fourth-order valence-electron chi connectivity index (χ4n) is 4.80. The van der Waals surface area contributed by atoms with Gasteiger partial charge in [0.2, 0.25) is 5.91 Å². The van der Waals surface area contributed by atoms with Gasteiger partial charge in [0.1, 0.15) is 5.82 Å². The first kappa shape index (κ1) is 24.0. The second-order valence-electron chi connectivity index (χ2n) is 9.24. The smallest absolute Gasteiger partial charge is 0.254 e. The zero-order chi connectivity index (χ0) is 26.2. The van der Waals surface area contributed by atoms with Crippen molar-refractivity contribution < 1.29 is 14.0 Å². The molecule has 0 unspecified atom stereocenters. The molecular weight excluding hydrogens is 501 g/mol. The molecule has 6 rings (SSSR count). The predicted octanol–water partition coefficient (Wildman–Crippen LogP) is 5.70. The third-order valence-electron chi connectivity index (χ3n) is 6.89. The van der Waals surface area contributed by atoms with Crippen LogP contribution in [0.5, 0.6) is 0 Å². The number of nitrogens with one attached hydrogen (secondary N) is 1. The highest BCUT2D eigenvalue weighted by Gasteiger charge is 2.24. The highest BCUT2D eigenvalue weighted by atomic mass is 32.1. The normalized spacial score (nSPS) is 13.7. The molecule has 0 radical (unpaired) electrons. The van der Waals surface area contributed by atoms with Gasteiger partial charge >= 0.3 is 0 Å². The number of pyridine rings is 1. The summed E-state index contributed by atoms with van der Waals surface area (Å²) in [6.07, 6.45) is 1.74. The average molecular weight is 526 g/mol. The fourth-order valence-corrected chi connectivity index (χ4v) is 5.46. The summed E-state index contributed by atoms with van der Waals surface area (Å²) in [5.74, 6) is -0.702. The van der Waals surface area contributed by atoms with Crippen molar-refractivity contribution in [2.24, 2.45) is 0 Å².